The number of carbonyl (C=O) groups is 1. The summed E-state index contributed by atoms with van der Waals surface area (Å²) in [7, 11) is 4.93. The molecule has 0 aromatic heterocycles. The third-order valence-electron chi connectivity index (χ3n) is 3.22. The van der Waals surface area contributed by atoms with Gasteiger partial charge in [0.2, 0.25) is 5.91 Å². The highest BCUT2D eigenvalue weighted by Crippen LogP contribution is 2.31. The highest BCUT2D eigenvalue weighted by Gasteiger charge is 2.19. The third kappa shape index (κ3) is 4.82. The second-order valence-electron chi connectivity index (χ2n) is 4.73. The molecule has 1 atom stereocenters. The lowest BCUT2D eigenvalue weighted by Gasteiger charge is -2.22. The van der Waals surface area contributed by atoms with Crippen LogP contribution >= 0.6 is 11.8 Å². The molecule has 0 aliphatic carbocycles. The Morgan fingerprint density at radius 3 is 2.67 bits per heavy atom. The van der Waals surface area contributed by atoms with E-state index < -0.39 is 6.04 Å². The van der Waals surface area contributed by atoms with Gasteiger partial charge in [-0.15, -0.1) is 0 Å². The second-order valence-corrected chi connectivity index (χ2v) is 5.72. The van der Waals surface area contributed by atoms with Crippen molar-refractivity contribution in [2.45, 2.75) is 19.0 Å². The number of benzene rings is 1. The Kier molecular flexibility index (Phi) is 7.39. The van der Waals surface area contributed by atoms with Crippen LogP contribution < -0.4 is 15.2 Å². The van der Waals surface area contributed by atoms with Gasteiger partial charge in [-0.05, 0) is 24.5 Å². The zero-order valence-electron chi connectivity index (χ0n) is 13.1. The van der Waals surface area contributed by atoms with Crippen molar-refractivity contribution in [3.63, 3.8) is 0 Å². The molecule has 5 nitrogen and oxygen atoms in total. The Morgan fingerprint density at radius 1 is 1.38 bits per heavy atom. The first kappa shape index (κ1) is 17.7. The topological polar surface area (TPSA) is 64.8 Å². The minimum absolute atomic E-state index is 0.0612. The van der Waals surface area contributed by atoms with E-state index in [9.17, 15) is 4.79 Å². The molecule has 6 heteroatoms. The summed E-state index contributed by atoms with van der Waals surface area (Å²) in [5.41, 5.74) is 6.82. The molecule has 1 rings (SSSR count). The van der Waals surface area contributed by atoms with Gasteiger partial charge < -0.3 is 20.1 Å². The summed E-state index contributed by atoms with van der Waals surface area (Å²) in [5, 5.41) is 0. The number of likely N-dealkylation sites (N-methyl/N-ethyl adjacent to an activating group) is 1. The van der Waals surface area contributed by atoms with Gasteiger partial charge in [0.05, 0.1) is 20.3 Å². The molecule has 2 N–H and O–H groups in total. The lowest BCUT2D eigenvalue weighted by molar-refractivity contribution is -0.131. The number of hydrogen-bond donors (Lipinski definition) is 1. The van der Waals surface area contributed by atoms with Crippen LogP contribution in [-0.4, -0.2) is 50.1 Å². The van der Waals surface area contributed by atoms with Crippen LogP contribution in [0.4, 0.5) is 0 Å². The van der Waals surface area contributed by atoms with Crippen molar-refractivity contribution in [2.75, 3.05) is 33.3 Å². The summed E-state index contributed by atoms with van der Waals surface area (Å²) < 4.78 is 10.6. The van der Waals surface area contributed by atoms with Crippen molar-refractivity contribution < 1.29 is 14.3 Å². The van der Waals surface area contributed by atoms with Gasteiger partial charge in [-0.25, -0.2) is 0 Å². The summed E-state index contributed by atoms with van der Waals surface area (Å²) in [6.07, 6.45) is 2.68. The Morgan fingerprint density at radius 2 is 2.10 bits per heavy atom. The van der Waals surface area contributed by atoms with E-state index in [0.29, 0.717) is 24.5 Å². The van der Waals surface area contributed by atoms with Crippen molar-refractivity contribution in [3.8, 4) is 11.5 Å². The van der Waals surface area contributed by atoms with Gasteiger partial charge in [0.15, 0.2) is 11.5 Å². The summed E-state index contributed by atoms with van der Waals surface area (Å²) in [4.78, 5) is 13.9. The number of thioether (sulfide) groups is 1. The van der Waals surface area contributed by atoms with Crippen LogP contribution in [0.2, 0.25) is 0 Å². The van der Waals surface area contributed by atoms with E-state index in [-0.39, 0.29) is 5.91 Å². The fourth-order valence-electron chi connectivity index (χ4n) is 2.06. The van der Waals surface area contributed by atoms with Gasteiger partial charge in [0.1, 0.15) is 0 Å². The Bertz CT molecular complexity index is 468. The van der Waals surface area contributed by atoms with Crippen molar-refractivity contribution in [1.82, 2.24) is 4.90 Å². The van der Waals surface area contributed by atoms with E-state index >= 15 is 0 Å². The van der Waals surface area contributed by atoms with Gasteiger partial charge in [-0.3, -0.25) is 4.79 Å². The van der Waals surface area contributed by atoms with Crippen LogP contribution in [0, 0.1) is 0 Å². The average molecular weight is 312 g/mol. The molecule has 0 spiro atoms. The molecule has 21 heavy (non-hydrogen) atoms. The molecule has 118 valence electrons. The van der Waals surface area contributed by atoms with Crippen molar-refractivity contribution in [2.24, 2.45) is 5.73 Å². The van der Waals surface area contributed by atoms with Crippen molar-refractivity contribution in [3.05, 3.63) is 23.8 Å². The van der Waals surface area contributed by atoms with E-state index in [2.05, 4.69) is 0 Å². The monoisotopic (exact) mass is 312 g/mol. The van der Waals surface area contributed by atoms with Gasteiger partial charge in [0, 0.05) is 19.2 Å². The lowest BCUT2D eigenvalue weighted by atomic mass is 10.1. The third-order valence-corrected chi connectivity index (χ3v) is 3.86. The highest BCUT2D eigenvalue weighted by atomic mass is 32.2. The molecule has 0 fully saturated rings. The largest absolute Gasteiger partial charge is 0.493 e. The number of amides is 1. The van der Waals surface area contributed by atoms with E-state index in [0.717, 1.165) is 11.3 Å². The molecule has 1 amide bonds. The Labute approximate surface area is 130 Å². The minimum atomic E-state index is -0.459. The zero-order valence-corrected chi connectivity index (χ0v) is 13.9. The molecule has 0 aliphatic rings. The number of nitrogens with zero attached hydrogens (tertiary/aromatic N) is 1. The van der Waals surface area contributed by atoms with Crippen LogP contribution in [0.15, 0.2) is 18.2 Å². The fraction of sp³-hybridized carbons (Fsp3) is 0.533. The first-order valence-electron chi connectivity index (χ1n) is 6.74. The molecule has 1 aromatic carbocycles. The van der Waals surface area contributed by atoms with Crippen molar-refractivity contribution in [1.29, 1.82) is 0 Å². The average Bonchev–Trinajstić information content (AvgIpc) is 2.51. The Balaban J connectivity index is 2.78. The highest BCUT2D eigenvalue weighted by molar-refractivity contribution is 7.98. The molecular formula is C15H24N2O3S. The van der Waals surface area contributed by atoms with Crippen LogP contribution in [0.1, 0.15) is 12.0 Å². The molecule has 1 aromatic rings. The molecular weight excluding hydrogens is 288 g/mol. The second kappa shape index (κ2) is 8.79. The Hall–Kier alpha value is -1.40. The molecule has 0 radical (unpaired) electrons. The van der Waals surface area contributed by atoms with E-state index in [4.69, 9.17) is 15.2 Å². The normalized spacial score (nSPS) is 11.9. The summed E-state index contributed by atoms with van der Waals surface area (Å²) in [6, 6.07) is 5.16. The molecule has 0 unspecified atom stereocenters. The smallest absolute Gasteiger partial charge is 0.239 e. The van der Waals surface area contributed by atoms with Crippen LogP contribution in [0.5, 0.6) is 11.5 Å². The molecule has 0 aliphatic heterocycles. The van der Waals surface area contributed by atoms with Gasteiger partial charge in [-0.2, -0.15) is 11.8 Å². The maximum absolute atomic E-state index is 12.2. The quantitative estimate of drug-likeness (QED) is 0.792. The maximum Gasteiger partial charge on any atom is 0.239 e. The first-order chi connectivity index (χ1) is 10.0. The lowest BCUT2D eigenvalue weighted by Crippen LogP contribution is -2.41. The number of methoxy groups -OCH3 is 2. The fourth-order valence-corrected chi connectivity index (χ4v) is 2.55. The zero-order chi connectivity index (χ0) is 15.8. The van der Waals surface area contributed by atoms with Crippen LogP contribution in [-0.2, 0) is 11.3 Å². The number of nitrogens with two attached hydrogens (primary N) is 1. The number of carbonyl (C=O) groups excluding carboxylic acids is 1. The number of para-hydroxylation sites is 1. The van der Waals surface area contributed by atoms with Gasteiger partial charge in [0.25, 0.3) is 0 Å². The van der Waals surface area contributed by atoms with E-state index in [1.54, 1.807) is 37.9 Å². The minimum Gasteiger partial charge on any atom is -0.493 e. The number of hydrogen-bond acceptors (Lipinski definition) is 5. The summed E-state index contributed by atoms with van der Waals surface area (Å²) >= 11 is 1.69. The van der Waals surface area contributed by atoms with Crippen LogP contribution in [0.3, 0.4) is 0 Å². The molecule has 0 bridgehead atoms. The summed E-state index contributed by atoms with van der Waals surface area (Å²) in [6.45, 7) is 0.437. The van der Waals surface area contributed by atoms with E-state index in [1.165, 1.54) is 0 Å². The van der Waals surface area contributed by atoms with Gasteiger partial charge >= 0.3 is 0 Å². The maximum atomic E-state index is 12.2. The molecule has 0 heterocycles. The summed E-state index contributed by atoms with van der Waals surface area (Å²) in [5.74, 6) is 2.12. The van der Waals surface area contributed by atoms with Gasteiger partial charge in [-0.1, -0.05) is 12.1 Å². The van der Waals surface area contributed by atoms with E-state index in [1.807, 2.05) is 24.5 Å². The number of ether oxygens (including phenoxy) is 2. The molecule has 0 saturated heterocycles. The SMILES string of the molecule is COc1cccc(CN(C)C(=O)[C@H](N)CCSC)c1OC. The molecule has 0 saturated carbocycles. The number of rotatable bonds is 8. The standard InChI is InChI=1S/C15H24N2O3S/c1-17(15(18)12(16)8-9-21-4)10-11-6-5-7-13(19-2)14(11)20-3/h5-7,12H,8-10,16H2,1-4H3/t12-/m1/s1. The van der Waals surface area contributed by atoms with Crippen molar-refractivity contribution >= 4 is 17.7 Å². The predicted molar refractivity (Wildman–Crippen MR) is 87.0 cm³/mol. The van der Waals surface area contributed by atoms with Crippen LogP contribution in [0.25, 0.3) is 0 Å². The predicted octanol–water partition coefficient (Wildman–Crippen LogP) is 1.74. The first-order valence-corrected chi connectivity index (χ1v) is 8.13.